The summed E-state index contributed by atoms with van der Waals surface area (Å²) in [6.07, 6.45) is -1.59. The lowest BCUT2D eigenvalue weighted by atomic mass is 9.86. The molecule has 0 spiro atoms. The van der Waals surface area contributed by atoms with E-state index in [1.807, 2.05) is 20.8 Å². The molecule has 16 nitrogen and oxygen atoms in total. The summed E-state index contributed by atoms with van der Waals surface area (Å²) in [7, 11) is 1.97. The molecule has 20 heteroatoms. The minimum atomic E-state index is -1.94. The summed E-state index contributed by atoms with van der Waals surface area (Å²) < 4.78 is 69.0. The van der Waals surface area contributed by atoms with Crippen molar-refractivity contribution < 1.29 is 70.1 Å². The smallest absolute Gasteiger partial charge is 0.313 e. The van der Waals surface area contributed by atoms with Crippen LogP contribution in [-0.4, -0.2) is 92.3 Å². The molecule has 0 aliphatic heterocycles. The number of methoxy groups -OCH3 is 2. The molecule has 0 saturated carbocycles. The number of halogens is 4. The number of carbonyl (C=O) groups excluding carboxylic acids is 8. The predicted molar refractivity (Wildman–Crippen MR) is 192 cm³/mol. The van der Waals surface area contributed by atoms with E-state index in [2.05, 4.69) is 40.8 Å². The van der Waals surface area contributed by atoms with Crippen molar-refractivity contribution in [3.63, 3.8) is 0 Å². The van der Waals surface area contributed by atoms with Gasteiger partial charge in [-0.05, 0) is 29.9 Å². The largest absolute Gasteiger partial charge is 0.479 e. The lowest BCUT2D eigenvalue weighted by molar-refractivity contribution is -0.145. The third-order valence-corrected chi connectivity index (χ3v) is 8.14. The first-order valence-corrected chi connectivity index (χ1v) is 17.3. The Bertz CT molecular complexity index is 1840. The number of nitrogens with one attached hydrogen (secondary N) is 5. The fourth-order valence-corrected chi connectivity index (χ4v) is 4.98. The molecule has 0 fully saturated rings. The van der Waals surface area contributed by atoms with Crippen LogP contribution in [0.15, 0.2) is 30.3 Å². The molecule has 57 heavy (non-hydrogen) atoms. The van der Waals surface area contributed by atoms with Crippen LogP contribution in [0.1, 0.15) is 59.9 Å². The van der Waals surface area contributed by atoms with Crippen molar-refractivity contribution in [1.82, 2.24) is 21.3 Å². The number of ketones is 1. The van der Waals surface area contributed by atoms with E-state index in [9.17, 15) is 55.9 Å². The standard InChI is InChI=1S/C37H45F4N5O11/c1-17(2)30(46-33(51)24(15-27(49)56-8)45-36(54)35(53)43-22-12-10-9-11-19(22)37(4,5)6)34(52)42-18(3)32(50)44-23(14-26(48)55-7)25(47)16-57-31-28(40)20(38)13-21(39)29(31)41/h9-13,17-18,23-24,30H,14-16H2,1-8H3,(H,42,52)(H,43,53)(H,44,50)(H,45,54)(H,46,51)/t18-,23?,24-,30-/m0/s1. The van der Waals surface area contributed by atoms with Crippen LogP contribution in [0, 0.1) is 29.2 Å². The second-order valence-electron chi connectivity index (χ2n) is 13.9. The van der Waals surface area contributed by atoms with Gasteiger partial charge in [-0.25, -0.2) is 8.78 Å². The molecule has 0 aliphatic rings. The first kappa shape index (κ1) is 47.1. The van der Waals surface area contributed by atoms with Crippen LogP contribution in [0.2, 0.25) is 0 Å². The zero-order valence-corrected chi connectivity index (χ0v) is 32.4. The summed E-state index contributed by atoms with van der Waals surface area (Å²) in [5.41, 5.74) is 0.609. The van der Waals surface area contributed by atoms with E-state index < -0.39 is 131 Å². The van der Waals surface area contributed by atoms with Crippen LogP contribution in [0.25, 0.3) is 0 Å². The highest BCUT2D eigenvalue weighted by atomic mass is 19.2. The van der Waals surface area contributed by atoms with Crippen molar-refractivity contribution in [2.24, 2.45) is 5.92 Å². The average Bonchev–Trinajstić information content (AvgIpc) is 3.14. The van der Waals surface area contributed by atoms with Crippen LogP contribution in [0.4, 0.5) is 23.2 Å². The Morgan fingerprint density at radius 1 is 0.684 bits per heavy atom. The van der Waals surface area contributed by atoms with E-state index in [1.54, 1.807) is 24.3 Å². The molecule has 0 bridgehead atoms. The van der Waals surface area contributed by atoms with Crippen molar-refractivity contribution in [1.29, 1.82) is 0 Å². The number of anilines is 1. The summed E-state index contributed by atoms with van der Waals surface area (Å²) >= 11 is 0. The quantitative estimate of drug-likeness (QED) is 0.0671. The van der Waals surface area contributed by atoms with Crippen molar-refractivity contribution in [3.8, 4) is 5.75 Å². The summed E-state index contributed by atoms with van der Waals surface area (Å²) in [5, 5.41) is 11.5. The maximum absolute atomic E-state index is 14.0. The normalized spacial score (nSPS) is 13.2. The minimum absolute atomic E-state index is 0.0841. The van der Waals surface area contributed by atoms with Gasteiger partial charge in [0.05, 0.1) is 27.1 Å². The molecule has 0 aliphatic carbocycles. The molecule has 4 atom stereocenters. The van der Waals surface area contributed by atoms with Crippen molar-refractivity contribution in [2.75, 3.05) is 26.1 Å². The molecule has 5 N–H and O–H groups in total. The lowest BCUT2D eigenvalue weighted by Gasteiger charge is -2.27. The van der Waals surface area contributed by atoms with Crippen LogP contribution >= 0.6 is 0 Å². The Labute approximate surface area is 325 Å². The molecular weight excluding hydrogens is 766 g/mol. The zero-order chi connectivity index (χ0) is 43.4. The Kier molecular flexibility index (Phi) is 17.1. The Morgan fingerprint density at radius 2 is 1.23 bits per heavy atom. The van der Waals surface area contributed by atoms with Gasteiger partial charge in [-0.15, -0.1) is 0 Å². The fourth-order valence-electron chi connectivity index (χ4n) is 4.98. The predicted octanol–water partition coefficient (Wildman–Crippen LogP) is 1.87. The highest BCUT2D eigenvalue weighted by Crippen LogP contribution is 2.29. The number of Topliss-reactive ketones (excluding diaryl/α,β-unsaturated/α-hetero) is 1. The minimum Gasteiger partial charge on any atom is -0.479 e. The van der Waals surface area contributed by atoms with E-state index >= 15 is 0 Å². The van der Waals surface area contributed by atoms with Gasteiger partial charge in [-0.1, -0.05) is 52.8 Å². The molecular formula is C37H45F4N5O11. The number of esters is 2. The molecule has 2 aromatic carbocycles. The van der Waals surface area contributed by atoms with Gasteiger partial charge < -0.3 is 40.8 Å². The first-order valence-electron chi connectivity index (χ1n) is 17.3. The van der Waals surface area contributed by atoms with Gasteiger partial charge in [0.25, 0.3) is 0 Å². The second kappa shape index (κ2) is 20.7. The highest BCUT2D eigenvalue weighted by molar-refractivity contribution is 6.40. The first-order chi connectivity index (χ1) is 26.5. The third-order valence-electron chi connectivity index (χ3n) is 8.14. The maximum Gasteiger partial charge on any atom is 0.313 e. The van der Waals surface area contributed by atoms with Crippen LogP contribution in [0.5, 0.6) is 5.75 Å². The zero-order valence-electron chi connectivity index (χ0n) is 32.4. The molecule has 1 unspecified atom stereocenters. The number of rotatable bonds is 17. The topological polar surface area (TPSA) is 224 Å². The van der Waals surface area contributed by atoms with Crippen LogP contribution in [-0.2, 0) is 53.2 Å². The van der Waals surface area contributed by atoms with Crippen molar-refractivity contribution >= 4 is 52.9 Å². The van der Waals surface area contributed by atoms with E-state index in [4.69, 9.17) is 0 Å². The van der Waals surface area contributed by atoms with Crippen LogP contribution in [0.3, 0.4) is 0 Å². The van der Waals surface area contributed by atoms with Gasteiger partial charge in [0.1, 0.15) is 30.8 Å². The summed E-state index contributed by atoms with van der Waals surface area (Å²) in [4.78, 5) is 103. The van der Waals surface area contributed by atoms with Gasteiger partial charge in [-0.2, -0.15) is 8.78 Å². The average molecular weight is 812 g/mol. The number of carbonyl (C=O) groups is 8. The van der Waals surface area contributed by atoms with Crippen LogP contribution < -0.4 is 31.3 Å². The number of amides is 5. The summed E-state index contributed by atoms with van der Waals surface area (Å²) in [5.74, 6) is -18.6. The van der Waals surface area contributed by atoms with Gasteiger partial charge in [0, 0.05) is 11.8 Å². The lowest BCUT2D eigenvalue weighted by Crippen LogP contribution is -2.59. The molecule has 0 aromatic heterocycles. The number of para-hydroxylation sites is 1. The number of benzene rings is 2. The third kappa shape index (κ3) is 13.6. The van der Waals surface area contributed by atoms with Crippen molar-refractivity contribution in [2.45, 2.75) is 84.0 Å². The molecule has 0 radical (unpaired) electrons. The van der Waals surface area contributed by atoms with Gasteiger partial charge >= 0.3 is 23.8 Å². The highest BCUT2D eigenvalue weighted by Gasteiger charge is 2.34. The Morgan fingerprint density at radius 3 is 1.75 bits per heavy atom. The molecule has 5 amide bonds. The second-order valence-corrected chi connectivity index (χ2v) is 13.9. The molecule has 2 aromatic rings. The van der Waals surface area contributed by atoms with Gasteiger partial charge in [-0.3, -0.25) is 38.4 Å². The number of hydrogen-bond acceptors (Lipinski definition) is 11. The maximum atomic E-state index is 14.0. The summed E-state index contributed by atoms with van der Waals surface area (Å²) in [6, 6.07) is 0.186. The molecule has 312 valence electrons. The summed E-state index contributed by atoms with van der Waals surface area (Å²) in [6.45, 7) is 8.55. The fraction of sp³-hybridized carbons (Fsp3) is 0.459. The number of hydrogen-bond donors (Lipinski definition) is 5. The Hall–Kier alpha value is -6.08. The Balaban J connectivity index is 2.19. The monoisotopic (exact) mass is 811 g/mol. The van der Waals surface area contributed by atoms with E-state index in [0.717, 1.165) is 21.1 Å². The molecule has 0 heterocycles. The van der Waals surface area contributed by atoms with E-state index in [0.29, 0.717) is 11.3 Å². The number of ether oxygens (including phenoxy) is 3. The van der Waals surface area contributed by atoms with Crippen molar-refractivity contribution in [3.05, 3.63) is 59.2 Å². The van der Waals surface area contributed by atoms with E-state index in [-0.39, 0.29) is 6.07 Å². The van der Waals surface area contributed by atoms with Gasteiger partial charge in [0.2, 0.25) is 29.4 Å². The SMILES string of the molecule is COC(=O)CC(NC(=O)[C@H](C)NC(=O)[C@@H](NC(=O)[C@H](CC(=O)OC)NC(=O)C(=O)Nc1ccccc1C(C)(C)C)C(C)C)C(=O)COc1c(F)c(F)cc(F)c1F. The van der Waals surface area contributed by atoms with Gasteiger partial charge in [0.15, 0.2) is 23.2 Å². The molecule has 2 rings (SSSR count). The molecule has 0 saturated heterocycles. The van der Waals surface area contributed by atoms with E-state index in [1.165, 1.54) is 13.8 Å².